The minimum Gasteiger partial charge on any atom is -0.382 e. The molecule has 5 nitrogen and oxygen atoms in total. The fourth-order valence-corrected chi connectivity index (χ4v) is 2.57. The Bertz CT molecular complexity index is 539. The summed E-state index contributed by atoms with van der Waals surface area (Å²) in [6.45, 7) is 5.97. The quantitative estimate of drug-likeness (QED) is 0.242. The number of rotatable bonds is 10. The van der Waals surface area contributed by atoms with Crippen LogP contribution < -0.4 is 10.6 Å². The Morgan fingerprint density at radius 1 is 1.24 bits per heavy atom. The van der Waals surface area contributed by atoms with Gasteiger partial charge in [0.1, 0.15) is 5.82 Å². The summed E-state index contributed by atoms with van der Waals surface area (Å²) in [5, 5.41) is 6.49. The summed E-state index contributed by atoms with van der Waals surface area (Å²) in [7, 11) is 1.66. The van der Waals surface area contributed by atoms with E-state index in [1.165, 1.54) is 6.07 Å². The Morgan fingerprint density at radius 2 is 2.04 bits per heavy atom. The fourth-order valence-electron chi connectivity index (χ4n) is 2.57. The minimum absolute atomic E-state index is 0. The van der Waals surface area contributed by atoms with Crippen LogP contribution in [0.4, 0.5) is 4.39 Å². The molecule has 2 N–H and O–H groups in total. The number of hydrogen-bond acceptors (Lipinski definition) is 3. The highest BCUT2D eigenvalue weighted by Crippen LogP contribution is 2.48. The molecule has 0 radical (unpaired) electrons. The van der Waals surface area contributed by atoms with E-state index in [9.17, 15) is 4.39 Å². The highest BCUT2D eigenvalue weighted by atomic mass is 127. The van der Waals surface area contributed by atoms with Crippen molar-refractivity contribution in [2.45, 2.75) is 25.2 Å². The van der Waals surface area contributed by atoms with Gasteiger partial charge in [0.15, 0.2) is 5.96 Å². The van der Waals surface area contributed by atoms with Gasteiger partial charge in [0.05, 0.1) is 26.4 Å². The number of nitrogens with one attached hydrogen (secondary N) is 2. The van der Waals surface area contributed by atoms with Crippen molar-refractivity contribution in [3.63, 3.8) is 0 Å². The molecular weight excluding hydrogens is 436 g/mol. The van der Waals surface area contributed by atoms with E-state index in [0.29, 0.717) is 32.9 Å². The van der Waals surface area contributed by atoms with Crippen LogP contribution in [0.25, 0.3) is 0 Å². The van der Waals surface area contributed by atoms with E-state index in [1.54, 1.807) is 19.2 Å². The number of guanidine groups is 1. The van der Waals surface area contributed by atoms with Crippen molar-refractivity contribution in [1.29, 1.82) is 0 Å². The molecule has 0 saturated heterocycles. The SMILES string of the molecule is CCNC(=NCC1(c2cccc(F)c2)CC1)NCCOCCOC.I. The number of hydrogen-bond donors (Lipinski definition) is 2. The molecular formula is C18H29FIN3O2. The molecule has 25 heavy (non-hydrogen) atoms. The lowest BCUT2D eigenvalue weighted by molar-refractivity contribution is 0.0733. The van der Waals surface area contributed by atoms with Crippen molar-refractivity contribution >= 4 is 29.9 Å². The van der Waals surface area contributed by atoms with Crippen LogP contribution in [-0.4, -0.2) is 52.5 Å². The first-order valence-corrected chi connectivity index (χ1v) is 8.55. The molecule has 0 amide bonds. The van der Waals surface area contributed by atoms with Crippen molar-refractivity contribution < 1.29 is 13.9 Å². The first kappa shape index (κ1) is 22.1. The maximum Gasteiger partial charge on any atom is 0.191 e. The Kier molecular flexibility index (Phi) is 10.3. The topological polar surface area (TPSA) is 54.9 Å². The lowest BCUT2D eigenvalue weighted by atomic mass is 9.96. The average molecular weight is 465 g/mol. The molecule has 142 valence electrons. The van der Waals surface area contributed by atoms with Gasteiger partial charge in [-0.25, -0.2) is 4.39 Å². The van der Waals surface area contributed by atoms with Gasteiger partial charge in [-0.1, -0.05) is 12.1 Å². The molecule has 7 heteroatoms. The number of aliphatic imine (C=N–C) groups is 1. The summed E-state index contributed by atoms with van der Waals surface area (Å²) >= 11 is 0. The maximum absolute atomic E-state index is 13.5. The molecule has 0 bridgehead atoms. The molecule has 1 aromatic rings. The lowest BCUT2D eigenvalue weighted by Crippen LogP contribution is -2.39. The average Bonchev–Trinajstić information content (AvgIpc) is 3.37. The molecule has 1 aliphatic carbocycles. The number of ether oxygens (including phenoxy) is 2. The van der Waals surface area contributed by atoms with Crippen LogP contribution in [0.2, 0.25) is 0 Å². The van der Waals surface area contributed by atoms with Crippen LogP contribution in [0, 0.1) is 5.82 Å². The zero-order chi connectivity index (χ0) is 17.3. The summed E-state index contributed by atoms with van der Waals surface area (Å²) < 4.78 is 23.8. The Morgan fingerprint density at radius 3 is 2.68 bits per heavy atom. The van der Waals surface area contributed by atoms with Gasteiger partial charge in [-0.2, -0.15) is 0 Å². The maximum atomic E-state index is 13.5. The highest BCUT2D eigenvalue weighted by molar-refractivity contribution is 14.0. The van der Waals surface area contributed by atoms with Crippen LogP contribution in [0.15, 0.2) is 29.3 Å². The van der Waals surface area contributed by atoms with Gasteiger partial charge in [-0.05, 0) is 37.5 Å². The monoisotopic (exact) mass is 465 g/mol. The zero-order valence-corrected chi connectivity index (χ0v) is 17.3. The van der Waals surface area contributed by atoms with E-state index >= 15 is 0 Å². The van der Waals surface area contributed by atoms with E-state index < -0.39 is 0 Å². The number of halogens is 2. The fraction of sp³-hybridized carbons (Fsp3) is 0.611. The molecule has 0 heterocycles. The third-order valence-electron chi connectivity index (χ3n) is 4.15. The number of benzene rings is 1. The number of methoxy groups -OCH3 is 1. The Hall–Kier alpha value is -0.930. The first-order chi connectivity index (χ1) is 11.7. The second-order valence-electron chi connectivity index (χ2n) is 6.02. The molecule has 1 saturated carbocycles. The van der Waals surface area contributed by atoms with Crippen LogP contribution in [-0.2, 0) is 14.9 Å². The Balaban J connectivity index is 0.00000312. The molecule has 2 rings (SSSR count). The summed E-state index contributed by atoms with van der Waals surface area (Å²) in [6, 6.07) is 6.88. The molecule has 0 aromatic heterocycles. The third-order valence-corrected chi connectivity index (χ3v) is 4.15. The van der Waals surface area contributed by atoms with Crippen LogP contribution >= 0.6 is 24.0 Å². The summed E-state index contributed by atoms with van der Waals surface area (Å²) in [6.07, 6.45) is 2.11. The van der Waals surface area contributed by atoms with E-state index in [2.05, 4.69) is 15.6 Å². The van der Waals surface area contributed by atoms with Gasteiger partial charge in [-0.3, -0.25) is 4.99 Å². The van der Waals surface area contributed by atoms with E-state index in [-0.39, 0.29) is 35.2 Å². The molecule has 0 spiro atoms. The van der Waals surface area contributed by atoms with Crippen molar-refractivity contribution in [3.8, 4) is 0 Å². The van der Waals surface area contributed by atoms with Crippen molar-refractivity contribution in [2.24, 2.45) is 4.99 Å². The zero-order valence-electron chi connectivity index (χ0n) is 15.0. The van der Waals surface area contributed by atoms with Crippen LogP contribution in [0.1, 0.15) is 25.3 Å². The smallest absolute Gasteiger partial charge is 0.191 e. The van der Waals surface area contributed by atoms with Gasteiger partial charge in [0.25, 0.3) is 0 Å². The molecule has 0 atom stereocenters. The largest absolute Gasteiger partial charge is 0.382 e. The molecule has 0 aliphatic heterocycles. The van der Waals surface area contributed by atoms with E-state index in [0.717, 1.165) is 30.9 Å². The summed E-state index contributed by atoms with van der Waals surface area (Å²) in [4.78, 5) is 4.68. The first-order valence-electron chi connectivity index (χ1n) is 8.55. The van der Waals surface area contributed by atoms with Gasteiger partial charge >= 0.3 is 0 Å². The van der Waals surface area contributed by atoms with E-state index in [1.807, 2.05) is 13.0 Å². The predicted octanol–water partition coefficient (Wildman–Crippen LogP) is 2.69. The van der Waals surface area contributed by atoms with Gasteiger partial charge in [-0.15, -0.1) is 24.0 Å². The predicted molar refractivity (Wildman–Crippen MR) is 109 cm³/mol. The van der Waals surface area contributed by atoms with E-state index in [4.69, 9.17) is 9.47 Å². The second-order valence-corrected chi connectivity index (χ2v) is 6.02. The third kappa shape index (κ3) is 7.45. The van der Waals surface area contributed by atoms with Crippen LogP contribution in [0.3, 0.4) is 0 Å². The standard InChI is InChI=1S/C18H28FN3O2.HI/c1-3-20-17(21-9-10-24-12-11-23-2)22-14-18(7-8-18)15-5-4-6-16(19)13-15;/h4-6,13H,3,7-12,14H2,1-2H3,(H2,20,21,22);1H. The molecule has 1 aliphatic rings. The molecule has 1 aromatic carbocycles. The second kappa shape index (κ2) is 11.6. The summed E-state index contributed by atoms with van der Waals surface area (Å²) in [5.41, 5.74) is 1.05. The van der Waals surface area contributed by atoms with Gasteiger partial charge in [0.2, 0.25) is 0 Å². The molecule has 0 unspecified atom stereocenters. The summed E-state index contributed by atoms with van der Waals surface area (Å²) in [5.74, 6) is 0.594. The van der Waals surface area contributed by atoms with Gasteiger partial charge in [0, 0.05) is 25.6 Å². The highest BCUT2D eigenvalue weighted by Gasteiger charge is 2.44. The molecule has 1 fully saturated rings. The normalized spacial score (nSPS) is 15.4. The van der Waals surface area contributed by atoms with Crippen LogP contribution in [0.5, 0.6) is 0 Å². The van der Waals surface area contributed by atoms with Gasteiger partial charge < -0.3 is 20.1 Å². The Labute approximate surface area is 166 Å². The van der Waals surface area contributed by atoms with Crippen molar-refractivity contribution in [2.75, 3.05) is 46.6 Å². The number of nitrogens with zero attached hydrogens (tertiary/aromatic N) is 1. The van der Waals surface area contributed by atoms with Crippen molar-refractivity contribution in [3.05, 3.63) is 35.6 Å². The minimum atomic E-state index is -0.180. The van der Waals surface area contributed by atoms with Crippen molar-refractivity contribution in [1.82, 2.24) is 10.6 Å². The lowest BCUT2D eigenvalue weighted by Gasteiger charge is -2.16.